The first-order valence-electron chi connectivity index (χ1n) is 7.52. The maximum atomic E-state index is 12.6. The minimum Gasteiger partial charge on any atom is -0.507 e. The Morgan fingerprint density at radius 3 is 2.38 bits per heavy atom. The van der Waals surface area contributed by atoms with Crippen molar-refractivity contribution in [2.45, 2.75) is 6.42 Å². The predicted molar refractivity (Wildman–Crippen MR) is 91.9 cm³/mol. The van der Waals surface area contributed by atoms with Crippen molar-refractivity contribution >= 4 is 22.3 Å². The van der Waals surface area contributed by atoms with E-state index in [0.717, 1.165) is 0 Å². The molecular weight excluding hydrogens is 304 g/mol. The second kappa shape index (κ2) is 6.54. The number of phenolic OH excluding ortho intramolecular Hbond substituents is 1. The molecule has 0 saturated carbocycles. The average Bonchev–Trinajstić information content (AvgIpc) is 2.61. The molecule has 0 bridgehead atoms. The molecule has 0 aromatic heterocycles. The van der Waals surface area contributed by atoms with Crippen LogP contribution < -0.4 is 4.74 Å². The summed E-state index contributed by atoms with van der Waals surface area (Å²) in [5.74, 6) is -0.0354. The number of aromatic hydroxyl groups is 1. The van der Waals surface area contributed by atoms with Crippen molar-refractivity contribution in [1.82, 2.24) is 0 Å². The zero-order valence-electron chi connectivity index (χ0n) is 13.2. The minimum atomic E-state index is -0.335. The first-order valence-corrected chi connectivity index (χ1v) is 7.52. The number of benzene rings is 3. The molecule has 1 N–H and O–H groups in total. The number of ketones is 2. The van der Waals surface area contributed by atoms with E-state index < -0.39 is 0 Å². The zero-order chi connectivity index (χ0) is 17.1. The van der Waals surface area contributed by atoms with Crippen molar-refractivity contribution in [3.63, 3.8) is 0 Å². The third kappa shape index (κ3) is 2.86. The van der Waals surface area contributed by atoms with Crippen LogP contribution in [0.3, 0.4) is 0 Å². The Bertz CT molecular complexity index is 914. The van der Waals surface area contributed by atoms with Crippen LogP contribution in [0.15, 0.2) is 60.7 Å². The molecule has 0 atom stereocenters. The van der Waals surface area contributed by atoms with Crippen LogP contribution in [0, 0.1) is 0 Å². The Balaban J connectivity index is 2.00. The second-order valence-electron chi connectivity index (χ2n) is 5.40. The second-order valence-corrected chi connectivity index (χ2v) is 5.40. The summed E-state index contributed by atoms with van der Waals surface area (Å²) in [6, 6.07) is 16.9. The van der Waals surface area contributed by atoms with Crippen molar-refractivity contribution in [1.29, 1.82) is 0 Å². The summed E-state index contributed by atoms with van der Waals surface area (Å²) in [5.41, 5.74) is 0.807. The molecule has 24 heavy (non-hydrogen) atoms. The number of carbonyl (C=O) groups is 2. The summed E-state index contributed by atoms with van der Waals surface area (Å²) >= 11 is 0. The molecule has 0 saturated heterocycles. The van der Waals surface area contributed by atoms with Gasteiger partial charge < -0.3 is 9.84 Å². The standard InChI is InChI=1S/C20H16O4/c1-24-19-11-10-14(20-15(19)8-5-9-16(20)21)18(23)12-17(22)13-6-3-2-4-7-13/h2-11,21H,12H2,1H3. The number of ether oxygens (including phenoxy) is 1. The average molecular weight is 320 g/mol. The maximum Gasteiger partial charge on any atom is 0.171 e. The molecule has 3 rings (SSSR count). The summed E-state index contributed by atoms with van der Waals surface area (Å²) in [6.07, 6.45) is -0.250. The van der Waals surface area contributed by atoms with Crippen LogP contribution in [0.5, 0.6) is 11.5 Å². The van der Waals surface area contributed by atoms with Crippen LogP contribution in [0.2, 0.25) is 0 Å². The van der Waals surface area contributed by atoms with Gasteiger partial charge in [-0.3, -0.25) is 9.59 Å². The first-order chi connectivity index (χ1) is 11.6. The fourth-order valence-corrected chi connectivity index (χ4v) is 2.74. The molecule has 0 amide bonds. The molecule has 0 fully saturated rings. The smallest absolute Gasteiger partial charge is 0.171 e. The lowest BCUT2D eigenvalue weighted by Gasteiger charge is -2.11. The Hall–Kier alpha value is -3.14. The number of hydrogen-bond acceptors (Lipinski definition) is 4. The van der Waals surface area contributed by atoms with Crippen molar-refractivity contribution in [3.05, 3.63) is 71.8 Å². The molecule has 3 aromatic carbocycles. The molecule has 0 aliphatic heterocycles. The van der Waals surface area contributed by atoms with Crippen LogP contribution in [0.1, 0.15) is 27.1 Å². The lowest BCUT2D eigenvalue weighted by atomic mass is 9.96. The summed E-state index contributed by atoms with van der Waals surface area (Å²) < 4.78 is 5.28. The zero-order valence-corrected chi connectivity index (χ0v) is 13.2. The van der Waals surface area contributed by atoms with Gasteiger partial charge in [0.05, 0.1) is 13.5 Å². The normalized spacial score (nSPS) is 10.5. The van der Waals surface area contributed by atoms with Gasteiger partial charge in [-0.2, -0.15) is 0 Å². The Morgan fingerprint density at radius 1 is 0.917 bits per heavy atom. The van der Waals surface area contributed by atoms with Gasteiger partial charge in [0.2, 0.25) is 0 Å². The first kappa shape index (κ1) is 15.7. The summed E-state index contributed by atoms with van der Waals surface area (Å²) in [5, 5.41) is 11.2. The lowest BCUT2D eigenvalue weighted by Crippen LogP contribution is -2.09. The molecule has 120 valence electrons. The highest BCUT2D eigenvalue weighted by Crippen LogP contribution is 2.35. The SMILES string of the molecule is COc1ccc(C(=O)CC(=O)c2ccccc2)c2c(O)cccc12. The molecule has 0 spiro atoms. The van der Waals surface area contributed by atoms with E-state index in [1.54, 1.807) is 48.5 Å². The van der Waals surface area contributed by atoms with Gasteiger partial charge in [0.15, 0.2) is 11.6 Å². The van der Waals surface area contributed by atoms with Gasteiger partial charge in [-0.25, -0.2) is 0 Å². The molecule has 0 aliphatic rings. The van der Waals surface area contributed by atoms with Crippen molar-refractivity contribution in [2.24, 2.45) is 0 Å². The molecule has 0 aliphatic carbocycles. The maximum absolute atomic E-state index is 12.6. The number of Topliss-reactive ketones (excluding diaryl/α,β-unsaturated/α-hetero) is 2. The van der Waals surface area contributed by atoms with E-state index in [1.807, 2.05) is 6.07 Å². The third-order valence-electron chi connectivity index (χ3n) is 3.92. The van der Waals surface area contributed by atoms with E-state index in [9.17, 15) is 14.7 Å². The summed E-state index contributed by atoms with van der Waals surface area (Å²) in [4.78, 5) is 24.9. The Morgan fingerprint density at radius 2 is 1.67 bits per heavy atom. The van der Waals surface area contributed by atoms with Crippen LogP contribution in [0.4, 0.5) is 0 Å². The van der Waals surface area contributed by atoms with Crippen molar-refractivity contribution < 1.29 is 19.4 Å². The van der Waals surface area contributed by atoms with Crippen LogP contribution in [-0.2, 0) is 0 Å². The van der Waals surface area contributed by atoms with E-state index in [0.29, 0.717) is 27.6 Å². The van der Waals surface area contributed by atoms with E-state index >= 15 is 0 Å². The van der Waals surface area contributed by atoms with Crippen molar-refractivity contribution in [2.75, 3.05) is 7.11 Å². The number of carbonyl (C=O) groups excluding carboxylic acids is 2. The Kier molecular flexibility index (Phi) is 4.29. The third-order valence-corrected chi connectivity index (χ3v) is 3.92. The highest BCUT2D eigenvalue weighted by atomic mass is 16.5. The highest BCUT2D eigenvalue weighted by Gasteiger charge is 2.19. The summed E-state index contributed by atoms with van der Waals surface area (Å²) in [7, 11) is 1.53. The highest BCUT2D eigenvalue weighted by molar-refractivity contribution is 6.19. The monoisotopic (exact) mass is 320 g/mol. The van der Waals surface area contributed by atoms with Gasteiger partial charge in [0.25, 0.3) is 0 Å². The fraction of sp³-hybridized carbons (Fsp3) is 0.100. The molecule has 4 heteroatoms. The minimum absolute atomic E-state index is 0.0121. The number of methoxy groups -OCH3 is 1. The van der Waals surface area contributed by atoms with Crippen molar-refractivity contribution in [3.8, 4) is 11.5 Å². The van der Waals surface area contributed by atoms with Crippen LogP contribution >= 0.6 is 0 Å². The van der Waals surface area contributed by atoms with Gasteiger partial charge in [0, 0.05) is 21.9 Å². The largest absolute Gasteiger partial charge is 0.507 e. The molecule has 0 unspecified atom stereocenters. The molecule has 0 heterocycles. The van der Waals surface area contributed by atoms with E-state index in [-0.39, 0.29) is 23.7 Å². The molecule has 3 aromatic rings. The number of rotatable bonds is 5. The van der Waals surface area contributed by atoms with Gasteiger partial charge in [0.1, 0.15) is 11.5 Å². The topological polar surface area (TPSA) is 63.6 Å². The van der Waals surface area contributed by atoms with E-state index in [2.05, 4.69) is 0 Å². The lowest BCUT2D eigenvalue weighted by molar-refractivity contribution is 0.0895. The fourth-order valence-electron chi connectivity index (χ4n) is 2.74. The van der Waals surface area contributed by atoms with Gasteiger partial charge >= 0.3 is 0 Å². The van der Waals surface area contributed by atoms with Gasteiger partial charge in [-0.1, -0.05) is 42.5 Å². The van der Waals surface area contributed by atoms with Gasteiger partial charge in [-0.05, 0) is 18.2 Å². The number of hydrogen-bond donors (Lipinski definition) is 1. The van der Waals surface area contributed by atoms with Crippen LogP contribution in [0.25, 0.3) is 10.8 Å². The van der Waals surface area contributed by atoms with Gasteiger partial charge in [-0.15, -0.1) is 0 Å². The van der Waals surface area contributed by atoms with E-state index in [1.165, 1.54) is 13.2 Å². The quantitative estimate of drug-likeness (QED) is 0.570. The van der Waals surface area contributed by atoms with E-state index in [4.69, 9.17) is 4.74 Å². The Labute approximate surface area is 139 Å². The summed E-state index contributed by atoms with van der Waals surface area (Å²) in [6.45, 7) is 0. The predicted octanol–water partition coefficient (Wildman–Crippen LogP) is 4.01. The number of phenols is 1. The molecule has 0 radical (unpaired) electrons. The molecule has 4 nitrogen and oxygen atoms in total. The number of fused-ring (bicyclic) bond motifs is 1. The molecular formula is C20H16O4. The van der Waals surface area contributed by atoms with Crippen LogP contribution in [-0.4, -0.2) is 23.8 Å².